The molecule has 2 aliphatic carbocycles. The monoisotopic (exact) mass is 614 g/mol. The third kappa shape index (κ3) is 6.64. The summed E-state index contributed by atoms with van der Waals surface area (Å²) in [5.74, 6) is 0.445. The average Bonchev–Trinajstić information content (AvgIpc) is 2.94. The fraction of sp³-hybridized carbons (Fsp3) is 0.875. The molecule has 43 heavy (non-hydrogen) atoms. The Balaban J connectivity index is 1.56. The molecular formula is C32H54O11. The van der Waals surface area contributed by atoms with E-state index in [4.69, 9.17) is 18.9 Å². The number of aliphatic hydroxyl groups is 7. The minimum atomic E-state index is -1.63. The molecule has 0 aromatic rings. The van der Waals surface area contributed by atoms with Crippen LogP contribution in [0.1, 0.15) is 73.1 Å². The van der Waals surface area contributed by atoms with Crippen LogP contribution in [0.3, 0.4) is 0 Å². The van der Waals surface area contributed by atoms with Crippen LogP contribution in [-0.2, 0) is 18.9 Å². The summed E-state index contributed by atoms with van der Waals surface area (Å²) in [6.45, 7) is 17.5. The van der Waals surface area contributed by atoms with E-state index in [2.05, 4.69) is 33.9 Å². The van der Waals surface area contributed by atoms with Gasteiger partial charge in [-0.15, -0.1) is 6.58 Å². The highest BCUT2D eigenvalue weighted by atomic mass is 16.8. The van der Waals surface area contributed by atoms with Gasteiger partial charge in [0.15, 0.2) is 12.6 Å². The molecule has 0 amide bonds. The lowest BCUT2D eigenvalue weighted by Gasteiger charge is -2.61. The molecule has 11 nitrogen and oxygen atoms in total. The van der Waals surface area contributed by atoms with E-state index in [-0.39, 0.29) is 28.8 Å². The van der Waals surface area contributed by atoms with Crippen molar-refractivity contribution in [3.63, 3.8) is 0 Å². The third-order valence-corrected chi connectivity index (χ3v) is 11.1. The number of fused-ring (bicyclic) bond motifs is 1. The van der Waals surface area contributed by atoms with Gasteiger partial charge < -0.3 is 54.7 Å². The molecule has 4 aliphatic rings. The van der Waals surface area contributed by atoms with Gasteiger partial charge in [0, 0.05) is 0 Å². The molecule has 7 N–H and O–H groups in total. The molecule has 0 aromatic carbocycles. The summed E-state index contributed by atoms with van der Waals surface area (Å²) in [6.07, 6.45) is -7.76. The topological polar surface area (TPSA) is 179 Å². The number of hydrogen-bond donors (Lipinski definition) is 7. The van der Waals surface area contributed by atoms with Gasteiger partial charge in [-0.05, 0) is 75.0 Å². The van der Waals surface area contributed by atoms with Gasteiger partial charge in [0.25, 0.3) is 0 Å². The van der Waals surface area contributed by atoms with E-state index in [0.717, 1.165) is 25.7 Å². The largest absolute Gasteiger partial charge is 0.394 e. The molecule has 248 valence electrons. The van der Waals surface area contributed by atoms with Crippen LogP contribution in [0.5, 0.6) is 0 Å². The van der Waals surface area contributed by atoms with Crippen molar-refractivity contribution >= 4 is 0 Å². The Kier molecular flexibility index (Phi) is 10.6. The fourth-order valence-electron chi connectivity index (χ4n) is 8.22. The van der Waals surface area contributed by atoms with Gasteiger partial charge in [0.2, 0.25) is 0 Å². The maximum atomic E-state index is 11.1. The van der Waals surface area contributed by atoms with Gasteiger partial charge in [-0.2, -0.15) is 0 Å². The van der Waals surface area contributed by atoms with Gasteiger partial charge in [-0.3, -0.25) is 0 Å². The lowest BCUT2D eigenvalue weighted by molar-refractivity contribution is -0.375. The Morgan fingerprint density at radius 1 is 0.953 bits per heavy atom. The minimum Gasteiger partial charge on any atom is -0.394 e. The molecule has 2 aliphatic heterocycles. The second kappa shape index (κ2) is 13.0. The summed E-state index contributed by atoms with van der Waals surface area (Å²) >= 11 is 0. The highest BCUT2D eigenvalue weighted by Gasteiger charge is 2.58. The Morgan fingerprint density at radius 3 is 2.26 bits per heavy atom. The maximum absolute atomic E-state index is 11.1. The summed E-state index contributed by atoms with van der Waals surface area (Å²) in [5.41, 5.74) is -0.210. The second-order valence-corrected chi connectivity index (χ2v) is 14.4. The first-order chi connectivity index (χ1) is 20.0. The molecule has 0 bridgehead atoms. The maximum Gasteiger partial charge on any atom is 0.187 e. The van der Waals surface area contributed by atoms with Crippen molar-refractivity contribution in [1.82, 2.24) is 0 Å². The quantitative estimate of drug-likeness (QED) is 0.146. The Labute approximate surface area is 255 Å². The number of aliphatic hydroxyl groups excluding tert-OH is 6. The van der Waals surface area contributed by atoms with Crippen molar-refractivity contribution in [2.45, 2.75) is 146 Å². The average molecular weight is 615 g/mol. The van der Waals surface area contributed by atoms with Crippen molar-refractivity contribution in [2.75, 3.05) is 6.61 Å². The molecule has 4 rings (SSSR count). The third-order valence-electron chi connectivity index (χ3n) is 11.1. The summed E-state index contributed by atoms with van der Waals surface area (Å²) < 4.78 is 24.1. The molecular weight excluding hydrogens is 560 g/mol. The Bertz CT molecular complexity index is 986. The smallest absolute Gasteiger partial charge is 0.187 e. The highest BCUT2D eigenvalue weighted by molar-refractivity contribution is 5.17. The Hall–Kier alpha value is -0.960. The van der Waals surface area contributed by atoms with Gasteiger partial charge in [0.1, 0.15) is 42.7 Å². The van der Waals surface area contributed by atoms with Crippen LogP contribution in [0.4, 0.5) is 0 Å². The van der Waals surface area contributed by atoms with E-state index in [1.807, 2.05) is 0 Å². The predicted molar refractivity (Wildman–Crippen MR) is 156 cm³/mol. The Morgan fingerprint density at radius 2 is 1.63 bits per heavy atom. The second-order valence-electron chi connectivity index (χ2n) is 14.4. The number of rotatable bonds is 9. The first kappa shape index (κ1) is 34.9. The van der Waals surface area contributed by atoms with E-state index < -0.39 is 73.6 Å². The summed E-state index contributed by atoms with van der Waals surface area (Å²) in [5, 5.41) is 73.2. The van der Waals surface area contributed by atoms with Crippen LogP contribution < -0.4 is 0 Å². The van der Waals surface area contributed by atoms with E-state index in [1.165, 1.54) is 12.5 Å². The number of ether oxygens (including phenoxy) is 4. The summed E-state index contributed by atoms with van der Waals surface area (Å²) in [4.78, 5) is 0. The molecule has 2 heterocycles. The van der Waals surface area contributed by atoms with Crippen molar-refractivity contribution in [2.24, 2.45) is 22.7 Å². The predicted octanol–water partition coefficient (Wildman–Crippen LogP) is 1.15. The molecule has 11 heteroatoms. The molecule has 15 atom stereocenters. The van der Waals surface area contributed by atoms with Crippen molar-refractivity contribution in [3.8, 4) is 0 Å². The van der Waals surface area contributed by atoms with Crippen LogP contribution in [0.25, 0.3) is 0 Å². The van der Waals surface area contributed by atoms with Gasteiger partial charge in [-0.1, -0.05) is 39.0 Å². The van der Waals surface area contributed by atoms with Crippen LogP contribution in [0.2, 0.25) is 0 Å². The van der Waals surface area contributed by atoms with Crippen molar-refractivity contribution < 1.29 is 54.7 Å². The van der Waals surface area contributed by atoms with Gasteiger partial charge in [-0.25, -0.2) is 0 Å². The summed E-state index contributed by atoms with van der Waals surface area (Å²) in [6, 6.07) is 0. The molecule has 1 unspecified atom stereocenters. The van der Waals surface area contributed by atoms with E-state index in [0.29, 0.717) is 12.8 Å². The van der Waals surface area contributed by atoms with Crippen LogP contribution in [0, 0.1) is 22.7 Å². The van der Waals surface area contributed by atoms with E-state index in [1.54, 1.807) is 13.0 Å². The van der Waals surface area contributed by atoms with Gasteiger partial charge >= 0.3 is 0 Å². The first-order valence-electron chi connectivity index (χ1n) is 15.6. The van der Waals surface area contributed by atoms with Crippen molar-refractivity contribution in [1.29, 1.82) is 0 Å². The zero-order valence-electron chi connectivity index (χ0n) is 26.2. The van der Waals surface area contributed by atoms with E-state index >= 15 is 0 Å². The number of hydrogen-bond acceptors (Lipinski definition) is 11. The molecule has 0 spiro atoms. The summed E-state index contributed by atoms with van der Waals surface area (Å²) in [7, 11) is 0. The lowest BCUT2D eigenvalue weighted by Crippen LogP contribution is -2.65. The molecule has 0 radical (unpaired) electrons. The normalized spacial score (nSPS) is 48.3. The molecule has 2 saturated carbocycles. The van der Waals surface area contributed by atoms with E-state index in [9.17, 15) is 35.7 Å². The standard InChI is InChI=1S/C32H54O11/c1-8-31(6,39)13-11-18-16(2)9-10-20-30(4,5)21(12-14-32(18,20)7)42-29-27(25(37)23(35)19(15-33)41-29)43-28-26(38)24(36)22(34)17(3)40-28/h8,17-29,33-39H,1-2,9-15H2,3-7H3/t17-,18-,19+,20?,21-,22-,23+,24+,25-,26+,27+,28-,29-,31-,32+/m0/s1. The highest BCUT2D eigenvalue weighted by Crippen LogP contribution is 2.62. The molecule has 2 saturated heterocycles. The zero-order valence-corrected chi connectivity index (χ0v) is 26.2. The zero-order chi connectivity index (χ0) is 32.1. The number of allylic oxidation sites excluding steroid dienone is 1. The van der Waals surface area contributed by atoms with Crippen LogP contribution >= 0.6 is 0 Å². The fourth-order valence-corrected chi connectivity index (χ4v) is 8.22. The van der Waals surface area contributed by atoms with Crippen LogP contribution in [0.15, 0.2) is 24.8 Å². The molecule has 4 fully saturated rings. The van der Waals surface area contributed by atoms with Gasteiger partial charge in [0.05, 0.1) is 24.4 Å². The molecule has 0 aromatic heterocycles. The lowest BCUT2D eigenvalue weighted by atomic mass is 9.46. The SMILES string of the molecule is C=C[C@](C)(O)CC[C@H]1C(=C)CCC2C(C)(C)[C@@H](O[C@@H]3O[C@H](CO)[C@@H](O)[C@H](O)[C@H]3O[C@@H]3O[C@@H](C)[C@H](O)[C@@H](O)[C@H]3O)CC[C@@]21C. The first-order valence-corrected chi connectivity index (χ1v) is 15.6. The minimum absolute atomic E-state index is 0.0875. The van der Waals surface area contributed by atoms with Crippen molar-refractivity contribution in [3.05, 3.63) is 24.8 Å². The van der Waals surface area contributed by atoms with Crippen LogP contribution in [-0.4, -0.2) is 115 Å².